The second kappa shape index (κ2) is 10.9. The molecule has 0 aliphatic rings. The fraction of sp³-hybridized carbons (Fsp3) is 0.632. The molecule has 1 aromatic rings. The Kier molecular flexibility index (Phi) is 9.31. The highest BCUT2D eigenvalue weighted by atomic mass is 16.5. The van der Waals surface area contributed by atoms with E-state index in [4.69, 9.17) is 18.9 Å². The lowest BCUT2D eigenvalue weighted by Gasteiger charge is -2.25. The normalized spacial score (nSPS) is 13.4. The molecule has 0 aliphatic heterocycles. The van der Waals surface area contributed by atoms with E-state index in [1.807, 2.05) is 13.8 Å². The van der Waals surface area contributed by atoms with E-state index in [2.05, 4.69) is 0 Å². The topological polar surface area (TPSA) is 74.2 Å². The Morgan fingerprint density at radius 1 is 1.16 bits per heavy atom. The van der Waals surface area contributed by atoms with Crippen molar-refractivity contribution < 1.29 is 28.8 Å². The van der Waals surface area contributed by atoms with Gasteiger partial charge in [-0.2, -0.15) is 0 Å². The van der Waals surface area contributed by atoms with Gasteiger partial charge in [-0.3, -0.25) is 4.79 Å². The summed E-state index contributed by atoms with van der Waals surface area (Å²) in [5, 5.41) is 10.7. The molecule has 6 nitrogen and oxygen atoms in total. The number of benzene rings is 1. The smallest absolute Gasteiger partial charge is 0.312 e. The largest absolute Gasteiger partial charge is 0.493 e. The Balaban J connectivity index is 2.99. The zero-order valence-corrected chi connectivity index (χ0v) is 15.8. The van der Waals surface area contributed by atoms with Gasteiger partial charge in [0.05, 0.1) is 32.3 Å². The number of rotatable bonds is 11. The van der Waals surface area contributed by atoms with Crippen molar-refractivity contribution in [1.29, 1.82) is 0 Å². The Labute approximate surface area is 150 Å². The number of hydrogen-bond acceptors (Lipinski definition) is 6. The molecule has 0 saturated carbocycles. The van der Waals surface area contributed by atoms with Crippen molar-refractivity contribution in [3.63, 3.8) is 0 Å². The summed E-state index contributed by atoms with van der Waals surface area (Å²) in [7, 11) is 3.20. The molecule has 0 aliphatic carbocycles. The van der Waals surface area contributed by atoms with Crippen LogP contribution in [-0.4, -0.2) is 45.1 Å². The number of aliphatic hydroxyl groups excluding tert-OH is 1. The van der Waals surface area contributed by atoms with E-state index in [1.54, 1.807) is 39.3 Å². The third-order valence-electron chi connectivity index (χ3n) is 3.90. The molecule has 0 heterocycles. The van der Waals surface area contributed by atoms with Gasteiger partial charge in [0.2, 0.25) is 0 Å². The molecule has 1 rings (SSSR count). The summed E-state index contributed by atoms with van der Waals surface area (Å²) in [6.45, 7) is 6.87. The number of ether oxygens (including phenoxy) is 4. The first kappa shape index (κ1) is 21.3. The van der Waals surface area contributed by atoms with Gasteiger partial charge in [-0.1, -0.05) is 19.9 Å². The van der Waals surface area contributed by atoms with Crippen molar-refractivity contribution in [3.05, 3.63) is 23.8 Å². The third-order valence-corrected chi connectivity index (χ3v) is 3.90. The highest BCUT2D eigenvalue weighted by molar-refractivity contribution is 5.73. The quantitative estimate of drug-likeness (QED) is 0.486. The van der Waals surface area contributed by atoms with Gasteiger partial charge in [-0.05, 0) is 30.5 Å². The number of aliphatic hydroxyl groups is 1. The van der Waals surface area contributed by atoms with Crippen molar-refractivity contribution in [3.8, 4) is 11.5 Å². The second-order valence-corrected chi connectivity index (χ2v) is 6.07. The van der Waals surface area contributed by atoms with Gasteiger partial charge in [0.1, 0.15) is 0 Å². The highest BCUT2D eigenvalue weighted by Crippen LogP contribution is 2.35. The maximum Gasteiger partial charge on any atom is 0.312 e. The number of hydrogen-bond donors (Lipinski definition) is 1. The van der Waals surface area contributed by atoms with Gasteiger partial charge >= 0.3 is 5.97 Å². The molecule has 0 spiro atoms. The van der Waals surface area contributed by atoms with E-state index < -0.39 is 18.0 Å². The molecule has 1 N–H and O–H groups in total. The summed E-state index contributed by atoms with van der Waals surface area (Å²) in [6, 6.07) is 5.18. The average Bonchev–Trinajstić information content (AvgIpc) is 2.58. The lowest BCUT2D eigenvalue weighted by molar-refractivity contribution is -0.154. The first-order valence-corrected chi connectivity index (χ1v) is 8.60. The zero-order valence-electron chi connectivity index (χ0n) is 15.8. The lowest BCUT2D eigenvalue weighted by Crippen LogP contribution is -2.29. The monoisotopic (exact) mass is 354 g/mol. The maximum atomic E-state index is 12.2. The number of carbonyl (C=O) groups excluding carboxylic acids is 1. The van der Waals surface area contributed by atoms with Crippen LogP contribution < -0.4 is 9.47 Å². The van der Waals surface area contributed by atoms with Crippen LogP contribution in [0.3, 0.4) is 0 Å². The fourth-order valence-corrected chi connectivity index (χ4v) is 2.59. The Bertz CT molecular complexity index is 529. The van der Waals surface area contributed by atoms with Crippen molar-refractivity contribution in [2.24, 2.45) is 11.8 Å². The zero-order chi connectivity index (χ0) is 18.8. The molecule has 1 aromatic carbocycles. The molecule has 0 bridgehead atoms. The van der Waals surface area contributed by atoms with Gasteiger partial charge in [-0.15, -0.1) is 0 Å². The molecule has 0 amide bonds. The van der Waals surface area contributed by atoms with E-state index in [0.717, 1.165) is 6.42 Å². The van der Waals surface area contributed by atoms with Gasteiger partial charge < -0.3 is 24.1 Å². The van der Waals surface area contributed by atoms with Crippen molar-refractivity contribution in [2.75, 3.05) is 34.0 Å². The van der Waals surface area contributed by atoms with E-state index >= 15 is 0 Å². The maximum absolute atomic E-state index is 12.2. The van der Waals surface area contributed by atoms with Gasteiger partial charge in [0.25, 0.3) is 0 Å². The van der Waals surface area contributed by atoms with E-state index in [9.17, 15) is 9.90 Å². The van der Waals surface area contributed by atoms with Gasteiger partial charge in [0.15, 0.2) is 11.5 Å². The molecule has 2 atom stereocenters. The van der Waals surface area contributed by atoms with E-state index in [-0.39, 0.29) is 12.5 Å². The van der Waals surface area contributed by atoms with Crippen LogP contribution in [0.25, 0.3) is 0 Å². The Hall–Kier alpha value is -1.79. The van der Waals surface area contributed by atoms with Crippen LogP contribution in [0.1, 0.15) is 38.9 Å². The molecular weight excluding hydrogens is 324 g/mol. The Morgan fingerprint density at radius 3 is 2.44 bits per heavy atom. The SMILES string of the molecule is CCOC(=O)[C@H](C(C)C)[C@@H](O)c1ccc(OC)c(OCCCOC)c1. The minimum Gasteiger partial charge on any atom is -0.493 e. The van der Waals surface area contributed by atoms with Crippen LogP contribution >= 0.6 is 0 Å². The minimum absolute atomic E-state index is 0.0674. The number of carbonyl (C=O) groups is 1. The first-order valence-electron chi connectivity index (χ1n) is 8.60. The highest BCUT2D eigenvalue weighted by Gasteiger charge is 2.32. The second-order valence-electron chi connectivity index (χ2n) is 6.07. The van der Waals surface area contributed by atoms with Gasteiger partial charge in [0, 0.05) is 20.1 Å². The van der Waals surface area contributed by atoms with Crippen LogP contribution in [0.4, 0.5) is 0 Å². The van der Waals surface area contributed by atoms with Crippen LogP contribution in [0, 0.1) is 11.8 Å². The fourth-order valence-electron chi connectivity index (χ4n) is 2.59. The van der Waals surface area contributed by atoms with Crippen molar-refractivity contribution in [1.82, 2.24) is 0 Å². The third kappa shape index (κ3) is 6.21. The van der Waals surface area contributed by atoms with E-state index in [1.165, 1.54) is 0 Å². The summed E-state index contributed by atoms with van der Waals surface area (Å²) < 4.78 is 21.1. The predicted octanol–water partition coefficient (Wildman–Crippen LogP) is 2.98. The molecule has 0 saturated heterocycles. The molecule has 25 heavy (non-hydrogen) atoms. The molecule has 0 radical (unpaired) electrons. The summed E-state index contributed by atoms with van der Waals surface area (Å²) in [5.41, 5.74) is 0.592. The minimum atomic E-state index is -0.980. The van der Waals surface area contributed by atoms with Crippen LogP contribution in [0.5, 0.6) is 11.5 Å². The molecular formula is C19H30O6. The number of esters is 1. The molecule has 0 aromatic heterocycles. The summed E-state index contributed by atoms with van der Waals surface area (Å²) in [6.07, 6.45) is -0.240. The molecule has 142 valence electrons. The summed E-state index contributed by atoms with van der Waals surface area (Å²) >= 11 is 0. The van der Waals surface area contributed by atoms with Crippen molar-refractivity contribution in [2.45, 2.75) is 33.3 Å². The Morgan fingerprint density at radius 2 is 1.88 bits per heavy atom. The van der Waals surface area contributed by atoms with E-state index in [0.29, 0.717) is 30.3 Å². The summed E-state index contributed by atoms with van der Waals surface area (Å²) in [5.74, 6) is -0.00703. The van der Waals surface area contributed by atoms with Crippen molar-refractivity contribution >= 4 is 5.97 Å². The molecule has 6 heteroatoms. The summed E-state index contributed by atoms with van der Waals surface area (Å²) in [4.78, 5) is 12.2. The van der Waals surface area contributed by atoms with Crippen LogP contribution in [0.2, 0.25) is 0 Å². The lowest BCUT2D eigenvalue weighted by atomic mass is 9.86. The van der Waals surface area contributed by atoms with Crippen LogP contribution in [0.15, 0.2) is 18.2 Å². The first-order chi connectivity index (χ1) is 12.0. The standard InChI is InChI=1S/C19H30O6/c1-6-24-19(21)17(13(2)3)18(20)14-8-9-15(23-5)16(12-14)25-11-7-10-22-4/h8-9,12-13,17-18,20H,6-7,10-11H2,1-5H3/t17-,18+/m1/s1. The average molecular weight is 354 g/mol. The van der Waals surface area contributed by atoms with Gasteiger partial charge in [-0.25, -0.2) is 0 Å². The molecule has 0 fully saturated rings. The molecule has 0 unspecified atom stereocenters. The predicted molar refractivity (Wildman–Crippen MR) is 94.9 cm³/mol. The number of methoxy groups -OCH3 is 2. The van der Waals surface area contributed by atoms with Crippen LogP contribution in [-0.2, 0) is 14.3 Å².